The summed E-state index contributed by atoms with van der Waals surface area (Å²) in [5, 5.41) is 0. The van der Waals surface area contributed by atoms with E-state index < -0.39 is 0 Å². The second kappa shape index (κ2) is 25.3. The first-order chi connectivity index (χ1) is 20.2. The molecule has 2 rings (SSSR count). The number of rotatable bonds is 2. The van der Waals surface area contributed by atoms with Gasteiger partial charge in [0.2, 0.25) is 0 Å². The summed E-state index contributed by atoms with van der Waals surface area (Å²) < 4.78 is 0. The minimum Gasteiger partial charge on any atom is -0.330 e. The molecule has 2 aliphatic carbocycles. The lowest BCUT2D eigenvalue weighted by Gasteiger charge is -2.35. The van der Waals surface area contributed by atoms with Gasteiger partial charge < -0.3 is 11.5 Å². The van der Waals surface area contributed by atoms with Gasteiger partial charge in [0.1, 0.15) is 0 Å². The molecule has 0 aromatic rings. The Balaban J connectivity index is 2.08. The number of fused-ring (bicyclic) bond motifs is 4. The third-order valence-electron chi connectivity index (χ3n) is 11.8. The summed E-state index contributed by atoms with van der Waals surface area (Å²) in [5.41, 5.74) is 12.8. The van der Waals surface area contributed by atoms with Gasteiger partial charge >= 0.3 is 0 Å². The van der Waals surface area contributed by atoms with Gasteiger partial charge in [0.15, 0.2) is 0 Å². The average Bonchev–Trinajstić information content (AvgIpc) is 2.97. The van der Waals surface area contributed by atoms with E-state index in [0.717, 1.165) is 48.6 Å². The molecule has 6 atom stereocenters. The van der Waals surface area contributed by atoms with E-state index in [2.05, 4.69) is 13.8 Å². The number of nitrogens with two attached hydrogens (primary N) is 2. The van der Waals surface area contributed by atoms with Crippen LogP contribution in [0.1, 0.15) is 200 Å². The predicted octanol–water partition coefficient (Wildman–Crippen LogP) is 12.0. The first kappa shape index (κ1) is 37.1. The monoisotopic (exact) mass is 575 g/mol. The molecule has 2 nitrogen and oxygen atoms in total. The highest BCUT2D eigenvalue weighted by Crippen LogP contribution is 2.38. The molecule has 2 bridgehead atoms. The van der Waals surface area contributed by atoms with Crippen LogP contribution in [0, 0.1) is 35.5 Å². The van der Waals surface area contributed by atoms with Crippen molar-refractivity contribution in [2.24, 2.45) is 47.0 Å². The molecule has 2 saturated carbocycles. The minimum absolute atomic E-state index is 0.740. The average molecular weight is 575 g/mol. The first-order valence-electron chi connectivity index (χ1n) is 19.6. The molecule has 244 valence electrons. The van der Waals surface area contributed by atoms with Crippen molar-refractivity contribution in [3.63, 3.8) is 0 Å². The van der Waals surface area contributed by atoms with Gasteiger partial charge in [-0.15, -0.1) is 0 Å². The first-order valence-corrected chi connectivity index (χ1v) is 19.6. The molecule has 0 aromatic carbocycles. The van der Waals surface area contributed by atoms with Crippen molar-refractivity contribution in [2.75, 3.05) is 13.1 Å². The molecule has 0 spiro atoms. The highest BCUT2D eigenvalue weighted by Gasteiger charge is 2.28. The smallest absolute Gasteiger partial charge is 0.00461 e. The second-order valence-electron chi connectivity index (χ2n) is 15.2. The maximum atomic E-state index is 6.57. The third kappa shape index (κ3) is 17.7. The Labute approximate surface area is 259 Å². The third-order valence-corrected chi connectivity index (χ3v) is 11.8. The fourth-order valence-corrected chi connectivity index (χ4v) is 8.83. The molecular formula is C39H78N2. The summed E-state index contributed by atoms with van der Waals surface area (Å²) >= 11 is 0. The van der Waals surface area contributed by atoms with Crippen LogP contribution in [0.2, 0.25) is 0 Å². The van der Waals surface area contributed by atoms with Crippen LogP contribution in [0.4, 0.5) is 0 Å². The molecule has 2 heteroatoms. The van der Waals surface area contributed by atoms with Crippen molar-refractivity contribution in [1.82, 2.24) is 0 Å². The van der Waals surface area contributed by atoms with Crippen LogP contribution in [0.3, 0.4) is 0 Å². The van der Waals surface area contributed by atoms with E-state index in [9.17, 15) is 0 Å². The molecule has 2 aliphatic rings. The van der Waals surface area contributed by atoms with E-state index in [0.29, 0.717) is 0 Å². The minimum atomic E-state index is 0.740. The Morgan fingerprint density at radius 2 is 0.756 bits per heavy atom. The van der Waals surface area contributed by atoms with Crippen molar-refractivity contribution in [3.8, 4) is 0 Å². The summed E-state index contributed by atoms with van der Waals surface area (Å²) in [4.78, 5) is 0. The maximum absolute atomic E-state index is 6.57. The van der Waals surface area contributed by atoms with Crippen LogP contribution in [0.25, 0.3) is 0 Å². The Kier molecular flexibility index (Phi) is 22.9. The van der Waals surface area contributed by atoms with Crippen molar-refractivity contribution in [2.45, 2.75) is 200 Å². The molecule has 0 heterocycles. The Morgan fingerprint density at radius 3 is 1.22 bits per heavy atom. The standard InChI is InChI=1S/C39H78N2/c1-34-31-35(2)39-30-22-18-14-15-19-25-36(32-40)26-23-24-28-37(34)27-20-16-12-10-8-6-4-3-5-7-9-11-13-17-21-29-38(39)33-41/h34-39H,3-33,40-41H2,1-2H3. The summed E-state index contributed by atoms with van der Waals surface area (Å²) in [5.74, 6) is 4.94. The largest absolute Gasteiger partial charge is 0.330 e. The van der Waals surface area contributed by atoms with Crippen LogP contribution in [0.5, 0.6) is 0 Å². The summed E-state index contributed by atoms with van der Waals surface area (Å²) in [6.07, 6.45) is 41.7. The van der Waals surface area contributed by atoms with E-state index >= 15 is 0 Å². The Hall–Kier alpha value is -0.0800. The molecule has 0 aliphatic heterocycles. The molecule has 0 aromatic heterocycles. The lowest BCUT2D eigenvalue weighted by atomic mass is 9.71. The molecule has 0 saturated heterocycles. The molecule has 0 radical (unpaired) electrons. The number of hydrogen-bond donors (Lipinski definition) is 2. The van der Waals surface area contributed by atoms with Crippen LogP contribution in [-0.4, -0.2) is 13.1 Å². The van der Waals surface area contributed by atoms with E-state index in [4.69, 9.17) is 11.5 Å². The topological polar surface area (TPSA) is 52.0 Å². The number of hydrogen-bond acceptors (Lipinski definition) is 2. The van der Waals surface area contributed by atoms with Crippen molar-refractivity contribution >= 4 is 0 Å². The fourth-order valence-electron chi connectivity index (χ4n) is 8.83. The quantitative estimate of drug-likeness (QED) is 0.344. The molecule has 41 heavy (non-hydrogen) atoms. The van der Waals surface area contributed by atoms with Gasteiger partial charge in [-0.25, -0.2) is 0 Å². The normalized spacial score (nSPS) is 33.7. The maximum Gasteiger partial charge on any atom is -0.00461 e. The van der Waals surface area contributed by atoms with Crippen molar-refractivity contribution in [1.29, 1.82) is 0 Å². The summed E-state index contributed by atoms with van der Waals surface area (Å²) in [6.45, 7) is 7.07. The fraction of sp³-hybridized carbons (Fsp3) is 1.00. The lowest BCUT2D eigenvalue weighted by molar-refractivity contribution is 0.159. The Morgan fingerprint density at radius 1 is 0.390 bits per heavy atom. The van der Waals surface area contributed by atoms with E-state index in [1.54, 1.807) is 0 Å². The highest BCUT2D eigenvalue weighted by molar-refractivity contribution is 4.80. The summed E-state index contributed by atoms with van der Waals surface area (Å²) in [7, 11) is 0. The zero-order valence-corrected chi connectivity index (χ0v) is 28.5. The second-order valence-corrected chi connectivity index (χ2v) is 15.2. The van der Waals surface area contributed by atoms with Gasteiger partial charge in [-0.1, -0.05) is 168 Å². The van der Waals surface area contributed by atoms with Crippen LogP contribution in [-0.2, 0) is 0 Å². The van der Waals surface area contributed by atoms with E-state index in [1.807, 2.05) is 0 Å². The zero-order chi connectivity index (χ0) is 29.4. The van der Waals surface area contributed by atoms with Gasteiger partial charge in [-0.3, -0.25) is 0 Å². The van der Waals surface area contributed by atoms with Crippen molar-refractivity contribution in [3.05, 3.63) is 0 Å². The molecule has 6 unspecified atom stereocenters. The van der Waals surface area contributed by atoms with Crippen molar-refractivity contribution < 1.29 is 0 Å². The van der Waals surface area contributed by atoms with Crippen LogP contribution < -0.4 is 11.5 Å². The van der Waals surface area contributed by atoms with Gasteiger partial charge in [-0.2, -0.15) is 0 Å². The molecular weight excluding hydrogens is 496 g/mol. The summed E-state index contributed by atoms with van der Waals surface area (Å²) in [6, 6.07) is 0. The Bertz CT molecular complexity index is 562. The van der Waals surface area contributed by atoms with Gasteiger partial charge in [-0.05, 0) is 80.7 Å². The van der Waals surface area contributed by atoms with Gasteiger partial charge in [0.25, 0.3) is 0 Å². The zero-order valence-electron chi connectivity index (χ0n) is 28.5. The molecule has 2 fully saturated rings. The molecule has 0 amide bonds. The van der Waals surface area contributed by atoms with E-state index in [1.165, 1.54) is 186 Å². The van der Waals surface area contributed by atoms with E-state index in [-0.39, 0.29) is 0 Å². The highest BCUT2D eigenvalue weighted by atomic mass is 14.6. The predicted molar refractivity (Wildman–Crippen MR) is 184 cm³/mol. The van der Waals surface area contributed by atoms with Gasteiger partial charge in [0.05, 0.1) is 0 Å². The van der Waals surface area contributed by atoms with Crippen LogP contribution in [0.15, 0.2) is 0 Å². The SMILES string of the molecule is CC1CC(C)C2CCCCCCCC(CN)CCCCC1CCCCCCCCCCCCCCCCCC2CN. The van der Waals surface area contributed by atoms with Crippen LogP contribution >= 0.6 is 0 Å². The van der Waals surface area contributed by atoms with Gasteiger partial charge in [0, 0.05) is 0 Å². The molecule has 4 N–H and O–H groups in total. The lowest BCUT2D eigenvalue weighted by Crippen LogP contribution is -2.30.